The summed E-state index contributed by atoms with van der Waals surface area (Å²) in [5, 5.41) is 0. The Morgan fingerprint density at radius 2 is 2.14 bits per heavy atom. The van der Waals surface area contributed by atoms with E-state index in [9.17, 15) is 13.2 Å². The van der Waals surface area contributed by atoms with Gasteiger partial charge >= 0.3 is 12.2 Å². The molecule has 14 heavy (non-hydrogen) atoms. The fourth-order valence-corrected chi connectivity index (χ4v) is 0.762. The molecule has 78 valence electrons. The second-order valence-corrected chi connectivity index (χ2v) is 2.57. The summed E-state index contributed by atoms with van der Waals surface area (Å²) in [6, 6.07) is 0.570. The Morgan fingerprint density at radius 1 is 1.43 bits per heavy atom. The summed E-state index contributed by atoms with van der Waals surface area (Å²) >= 11 is 0. The number of alkyl halides is 3. The van der Waals surface area contributed by atoms with E-state index in [0.29, 0.717) is 13.0 Å². The summed E-state index contributed by atoms with van der Waals surface area (Å²) in [6.07, 6.45) is -2.73. The van der Waals surface area contributed by atoms with Crippen molar-refractivity contribution in [3.05, 3.63) is 18.0 Å². The number of hydrogen-bond acceptors (Lipinski definition) is 3. The van der Waals surface area contributed by atoms with Crippen LogP contribution in [0.25, 0.3) is 0 Å². The Labute approximate surface area is 78.9 Å². The van der Waals surface area contributed by atoms with Crippen LogP contribution in [0.15, 0.2) is 12.3 Å². The molecule has 0 aliphatic carbocycles. The van der Waals surface area contributed by atoms with Crippen molar-refractivity contribution in [2.24, 2.45) is 0 Å². The van der Waals surface area contributed by atoms with E-state index in [1.807, 2.05) is 6.92 Å². The number of nitrogens with zero attached hydrogens (tertiary/aromatic N) is 2. The van der Waals surface area contributed by atoms with Gasteiger partial charge in [-0.2, -0.15) is 18.2 Å². The zero-order chi connectivity index (χ0) is 10.6. The quantitative estimate of drug-likeness (QED) is 0.760. The number of rotatable bonds is 3. The van der Waals surface area contributed by atoms with Gasteiger partial charge in [0.25, 0.3) is 0 Å². The Kier molecular flexibility index (Phi) is 3.27. The van der Waals surface area contributed by atoms with E-state index in [4.69, 9.17) is 4.74 Å². The molecule has 0 saturated heterocycles. The van der Waals surface area contributed by atoms with Crippen LogP contribution in [-0.4, -0.2) is 16.6 Å². The van der Waals surface area contributed by atoms with Gasteiger partial charge in [0.15, 0.2) is 5.69 Å². The lowest BCUT2D eigenvalue weighted by Gasteiger charge is -2.06. The third kappa shape index (κ3) is 2.86. The van der Waals surface area contributed by atoms with Crippen molar-refractivity contribution >= 4 is 0 Å². The fourth-order valence-electron chi connectivity index (χ4n) is 0.762. The minimum absolute atomic E-state index is 0.235. The van der Waals surface area contributed by atoms with Gasteiger partial charge in [0.1, 0.15) is 0 Å². The molecule has 1 aromatic rings. The van der Waals surface area contributed by atoms with Gasteiger partial charge in [-0.3, -0.25) is 0 Å². The SMILES string of the molecule is CCCOc1nccc(C(F)(F)F)n1. The van der Waals surface area contributed by atoms with Crippen LogP contribution in [-0.2, 0) is 6.18 Å². The van der Waals surface area contributed by atoms with Crippen LogP contribution >= 0.6 is 0 Å². The monoisotopic (exact) mass is 206 g/mol. The van der Waals surface area contributed by atoms with E-state index in [1.165, 1.54) is 0 Å². The van der Waals surface area contributed by atoms with Crippen molar-refractivity contribution in [3.8, 4) is 6.01 Å². The van der Waals surface area contributed by atoms with E-state index < -0.39 is 11.9 Å². The van der Waals surface area contributed by atoms with Gasteiger partial charge in [0.2, 0.25) is 0 Å². The second-order valence-electron chi connectivity index (χ2n) is 2.57. The van der Waals surface area contributed by atoms with E-state index in [0.717, 1.165) is 12.3 Å². The molecule has 0 unspecified atom stereocenters. The standard InChI is InChI=1S/C8H9F3N2O/c1-2-5-14-7-12-4-3-6(13-7)8(9,10)11/h3-4H,2,5H2,1H3. The molecule has 1 aromatic heterocycles. The zero-order valence-corrected chi connectivity index (χ0v) is 7.51. The molecular weight excluding hydrogens is 197 g/mol. The largest absolute Gasteiger partial charge is 0.463 e. The van der Waals surface area contributed by atoms with E-state index in [2.05, 4.69) is 9.97 Å². The number of hydrogen-bond donors (Lipinski definition) is 0. The van der Waals surface area contributed by atoms with E-state index >= 15 is 0 Å². The molecule has 0 fully saturated rings. The molecule has 0 amide bonds. The van der Waals surface area contributed by atoms with Crippen molar-refractivity contribution in [2.45, 2.75) is 19.5 Å². The maximum Gasteiger partial charge on any atom is 0.433 e. The summed E-state index contributed by atoms with van der Waals surface area (Å²) in [5.41, 5.74) is -0.987. The minimum atomic E-state index is -4.45. The average Bonchev–Trinajstić information content (AvgIpc) is 2.14. The first-order valence-corrected chi connectivity index (χ1v) is 4.07. The number of ether oxygens (including phenoxy) is 1. The lowest BCUT2D eigenvalue weighted by atomic mass is 10.4. The van der Waals surface area contributed by atoms with Crippen LogP contribution in [0.2, 0.25) is 0 Å². The summed E-state index contributed by atoms with van der Waals surface area (Å²) in [5.74, 6) is 0. The van der Waals surface area contributed by atoms with Crippen molar-refractivity contribution in [2.75, 3.05) is 6.61 Å². The zero-order valence-electron chi connectivity index (χ0n) is 7.51. The normalized spacial score (nSPS) is 11.4. The molecule has 0 spiro atoms. The first-order valence-electron chi connectivity index (χ1n) is 4.07. The first kappa shape index (κ1) is 10.7. The third-order valence-corrected chi connectivity index (χ3v) is 1.36. The molecule has 1 rings (SSSR count). The smallest absolute Gasteiger partial charge is 0.433 e. The highest BCUT2D eigenvalue weighted by Gasteiger charge is 2.32. The molecule has 0 aliphatic rings. The van der Waals surface area contributed by atoms with Crippen LogP contribution in [0, 0.1) is 0 Å². The van der Waals surface area contributed by atoms with Gasteiger partial charge < -0.3 is 4.74 Å². The molecule has 6 heteroatoms. The summed E-state index contributed by atoms with van der Waals surface area (Å²) < 4.78 is 41.3. The molecule has 0 saturated carbocycles. The fraction of sp³-hybridized carbons (Fsp3) is 0.500. The Hall–Kier alpha value is -1.33. The Bertz CT molecular complexity index is 301. The van der Waals surface area contributed by atoms with Crippen LogP contribution < -0.4 is 4.74 Å². The summed E-state index contributed by atoms with van der Waals surface area (Å²) in [4.78, 5) is 6.78. The van der Waals surface area contributed by atoms with Crippen LogP contribution in [0.1, 0.15) is 19.0 Å². The van der Waals surface area contributed by atoms with Crippen LogP contribution in [0.3, 0.4) is 0 Å². The Balaban J connectivity index is 2.79. The van der Waals surface area contributed by atoms with Crippen molar-refractivity contribution in [1.82, 2.24) is 9.97 Å². The maximum atomic E-state index is 12.1. The maximum absolute atomic E-state index is 12.1. The van der Waals surface area contributed by atoms with Crippen LogP contribution in [0.5, 0.6) is 6.01 Å². The predicted molar refractivity (Wildman–Crippen MR) is 42.8 cm³/mol. The molecule has 0 N–H and O–H groups in total. The molecule has 0 aliphatic heterocycles. The first-order chi connectivity index (χ1) is 6.54. The molecule has 3 nitrogen and oxygen atoms in total. The molecule has 0 atom stereocenters. The molecule has 1 heterocycles. The molecular formula is C8H9F3N2O. The van der Waals surface area contributed by atoms with Gasteiger partial charge in [-0.25, -0.2) is 4.98 Å². The lowest BCUT2D eigenvalue weighted by molar-refractivity contribution is -0.141. The highest BCUT2D eigenvalue weighted by molar-refractivity contribution is 5.08. The molecule has 0 radical (unpaired) electrons. The van der Waals surface area contributed by atoms with Gasteiger partial charge in [-0.1, -0.05) is 6.92 Å². The van der Waals surface area contributed by atoms with Crippen molar-refractivity contribution in [3.63, 3.8) is 0 Å². The molecule has 0 aromatic carbocycles. The van der Waals surface area contributed by atoms with Gasteiger partial charge in [-0.15, -0.1) is 0 Å². The highest BCUT2D eigenvalue weighted by atomic mass is 19.4. The minimum Gasteiger partial charge on any atom is -0.463 e. The van der Waals surface area contributed by atoms with Gasteiger partial charge in [-0.05, 0) is 12.5 Å². The van der Waals surface area contributed by atoms with E-state index in [1.54, 1.807) is 0 Å². The lowest BCUT2D eigenvalue weighted by Crippen LogP contribution is -2.10. The van der Waals surface area contributed by atoms with Crippen molar-refractivity contribution < 1.29 is 17.9 Å². The number of aromatic nitrogens is 2. The number of halogens is 3. The third-order valence-electron chi connectivity index (χ3n) is 1.36. The topological polar surface area (TPSA) is 35.0 Å². The van der Waals surface area contributed by atoms with Gasteiger partial charge in [0.05, 0.1) is 6.61 Å². The highest BCUT2D eigenvalue weighted by Crippen LogP contribution is 2.27. The van der Waals surface area contributed by atoms with Crippen molar-refractivity contribution in [1.29, 1.82) is 0 Å². The molecule has 0 bridgehead atoms. The summed E-state index contributed by atoms with van der Waals surface area (Å²) in [7, 11) is 0. The van der Waals surface area contributed by atoms with Crippen LogP contribution in [0.4, 0.5) is 13.2 Å². The second kappa shape index (κ2) is 4.26. The summed E-state index contributed by atoms with van der Waals surface area (Å²) in [6.45, 7) is 2.15. The average molecular weight is 206 g/mol. The van der Waals surface area contributed by atoms with E-state index in [-0.39, 0.29) is 6.01 Å². The predicted octanol–water partition coefficient (Wildman–Crippen LogP) is 2.28. The van der Waals surface area contributed by atoms with Gasteiger partial charge in [0, 0.05) is 6.20 Å². The Morgan fingerprint density at radius 3 is 2.71 bits per heavy atom.